The molecule has 2 aromatic rings. The molecule has 2 aliphatic rings. The lowest BCUT2D eigenvalue weighted by Gasteiger charge is -2.22. The smallest absolute Gasteiger partial charge is 0.260 e. The van der Waals surface area contributed by atoms with E-state index < -0.39 is 6.04 Å². The van der Waals surface area contributed by atoms with Crippen molar-refractivity contribution >= 4 is 23.6 Å². The molecule has 0 unspecified atom stereocenters. The number of ether oxygens (including phenoxy) is 2. The quantitative estimate of drug-likeness (QED) is 0.848. The van der Waals surface area contributed by atoms with E-state index in [1.807, 2.05) is 24.3 Å². The van der Waals surface area contributed by atoms with Crippen molar-refractivity contribution in [2.45, 2.75) is 18.0 Å². The van der Waals surface area contributed by atoms with Gasteiger partial charge >= 0.3 is 0 Å². The fraction of sp³-hybridized carbons (Fsp3) is 0.316. The maximum atomic E-state index is 13.1. The van der Waals surface area contributed by atoms with E-state index in [0.717, 1.165) is 11.3 Å². The molecule has 1 aromatic carbocycles. The number of aromatic nitrogens is 1. The van der Waals surface area contributed by atoms with E-state index >= 15 is 0 Å². The van der Waals surface area contributed by atoms with Gasteiger partial charge in [-0.25, -0.2) is 0 Å². The van der Waals surface area contributed by atoms with Crippen molar-refractivity contribution in [1.29, 1.82) is 0 Å². The number of methoxy groups -OCH3 is 2. The summed E-state index contributed by atoms with van der Waals surface area (Å²) in [5.74, 6) is 1.10. The number of rotatable bonds is 5. The lowest BCUT2D eigenvalue weighted by molar-refractivity contribution is -0.124. The summed E-state index contributed by atoms with van der Waals surface area (Å²) in [4.78, 5) is 31.7. The molecule has 1 fully saturated rings. The van der Waals surface area contributed by atoms with Crippen LogP contribution < -0.4 is 14.8 Å². The van der Waals surface area contributed by atoms with Crippen molar-refractivity contribution in [2.75, 3.05) is 20.0 Å². The first-order valence-electron chi connectivity index (χ1n) is 8.52. The summed E-state index contributed by atoms with van der Waals surface area (Å²) < 4.78 is 10.7. The first-order valence-corrected chi connectivity index (χ1v) is 9.57. The first kappa shape index (κ1) is 17.7. The van der Waals surface area contributed by atoms with Crippen molar-refractivity contribution in [3.8, 4) is 11.5 Å². The highest BCUT2D eigenvalue weighted by Crippen LogP contribution is 2.52. The van der Waals surface area contributed by atoms with E-state index in [4.69, 9.17) is 9.47 Å². The van der Waals surface area contributed by atoms with Crippen LogP contribution in [0.3, 0.4) is 0 Å². The predicted octanol–water partition coefficient (Wildman–Crippen LogP) is 1.98. The first-order chi connectivity index (χ1) is 13.2. The van der Waals surface area contributed by atoms with Gasteiger partial charge in [-0.3, -0.25) is 14.6 Å². The van der Waals surface area contributed by atoms with Crippen molar-refractivity contribution in [2.24, 2.45) is 0 Å². The van der Waals surface area contributed by atoms with Crippen molar-refractivity contribution in [1.82, 2.24) is 15.2 Å². The molecule has 1 saturated heterocycles. The van der Waals surface area contributed by atoms with Crippen molar-refractivity contribution in [3.05, 3.63) is 53.3 Å². The van der Waals surface area contributed by atoms with E-state index in [0.29, 0.717) is 29.4 Å². The van der Waals surface area contributed by atoms with Gasteiger partial charge in [-0.05, 0) is 18.2 Å². The third-order valence-corrected chi connectivity index (χ3v) is 6.07. The van der Waals surface area contributed by atoms with Crippen LogP contribution in [-0.4, -0.2) is 47.7 Å². The van der Waals surface area contributed by atoms with Crippen LogP contribution in [0.5, 0.6) is 11.5 Å². The Morgan fingerprint density at radius 3 is 2.85 bits per heavy atom. The summed E-state index contributed by atoms with van der Waals surface area (Å²) >= 11 is 1.58. The average Bonchev–Trinajstić information content (AvgIpc) is 3.26. The number of amides is 2. The SMILES string of the molecule is COc1ccc2c(c1OC)C(=O)N1[C@@H](C(=O)NCc3ccccn3)CS[C@@H]21. The molecule has 1 aromatic heterocycles. The van der Waals surface area contributed by atoms with Gasteiger partial charge in [0.2, 0.25) is 5.91 Å². The molecule has 0 aliphatic carbocycles. The Morgan fingerprint density at radius 2 is 2.15 bits per heavy atom. The number of hydrogen-bond donors (Lipinski definition) is 1. The van der Waals surface area contributed by atoms with Crippen LogP contribution in [0, 0.1) is 0 Å². The molecular formula is C19H19N3O4S. The highest BCUT2D eigenvalue weighted by atomic mass is 32.2. The van der Waals surface area contributed by atoms with Gasteiger partial charge in [-0.15, -0.1) is 11.8 Å². The minimum absolute atomic E-state index is 0.178. The van der Waals surface area contributed by atoms with Crippen LogP contribution in [-0.2, 0) is 11.3 Å². The molecule has 7 nitrogen and oxygen atoms in total. The van der Waals surface area contributed by atoms with E-state index in [-0.39, 0.29) is 17.2 Å². The number of carbonyl (C=O) groups excluding carboxylic acids is 2. The number of carbonyl (C=O) groups is 2. The molecule has 2 atom stereocenters. The minimum Gasteiger partial charge on any atom is -0.493 e. The Balaban J connectivity index is 1.56. The molecule has 0 bridgehead atoms. The second-order valence-electron chi connectivity index (χ2n) is 6.22. The summed E-state index contributed by atoms with van der Waals surface area (Å²) in [7, 11) is 3.05. The van der Waals surface area contributed by atoms with E-state index in [9.17, 15) is 9.59 Å². The number of fused-ring (bicyclic) bond motifs is 3. The molecule has 8 heteroatoms. The lowest BCUT2D eigenvalue weighted by Crippen LogP contribution is -2.45. The van der Waals surface area contributed by atoms with Crippen LogP contribution in [0.15, 0.2) is 36.5 Å². The highest BCUT2D eigenvalue weighted by molar-refractivity contribution is 7.99. The van der Waals surface area contributed by atoms with Crippen LogP contribution in [0.25, 0.3) is 0 Å². The Labute approximate surface area is 161 Å². The predicted molar refractivity (Wildman–Crippen MR) is 101 cm³/mol. The summed E-state index contributed by atoms with van der Waals surface area (Å²) in [6.45, 7) is 0.331. The standard InChI is InChI=1S/C19H19N3O4S/c1-25-14-7-6-12-15(16(14)26-2)18(24)22-13(10-27-19(12)22)17(23)21-9-11-5-3-4-8-20-11/h3-8,13,19H,9-10H2,1-2H3,(H,21,23)/t13-,19+/m1/s1. The fourth-order valence-electron chi connectivity index (χ4n) is 3.49. The molecule has 27 heavy (non-hydrogen) atoms. The molecule has 140 valence electrons. The number of pyridine rings is 1. The molecule has 0 saturated carbocycles. The number of nitrogens with zero attached hydrogens (tertiary/aromatic N) is 2. The van der Waals surface area contributed by atoms with Crippen LogP contribution in [0.1, 0.15) is 27.0 Å². The molecule has 0 spiro atoms. The molecule has 0 radical (unpaired) electrons. The van der Waals surface area contributed by atoms with Crippen molar-refractivity contribution in [3.63, 3.8) is 0 Å². The van der Waals surface area contributed by atoms with Gasteiger partial charge in [0.1, 0.15) is 11.4 Å². The Bertz CT molecular complexity index is 890. The number of nitrogens with one attached hydrogen (secondary N) is 1. The van der Waals surface area contributed by atoms with Gasteiger partial charge in [0.25, 0.3) is 5.91 Å². The molecule has 1 N–H and O–H groups in total. The van der Waals surface area contributed by atoms with Crippen LogP contribution in [0.2, 0.25) is 0 Å². The summed E-state index contributed by atoms with van der Waals surface area (Å²) in [5, 5.41) is 2.70. The Kier molecular flexibility index (Phi) is 4.65. The zero-order valence-corrected chi connectivity index (χ0v) is 15.8. The average molecular weight is 385 g/mol. The largest absolute Gasteiger partial charge is 0.493 e. The van der Waals surface area contributed by atoms with Gasteiger partial charge in [0.05, 0.1) is 32.0 Å². The Morgan fingerprint density at radius 1 is 1.30 bits per heavy atom. The zero-order valence-electron chi connectivity index (χ0n) is 15.0. The van der Waals surface area contributed by atoms with Crippen LogP contribution in [0.4, 0.5) is 0 Å². The molecule has 4 rings (SSSR count). The third kappa shape index (κ3) is 2.90. The number of benzene rings is 1. The topological polar surface area (TPSA) is 80.8 Å². The Hall–Kier alpha value is -2.74. The monoisotopic (exact) mass is 385 g/mol. The summed E-state index contributed by atoms with van der Waals surface area (Å²) in [5.41, 5.74) is 2.12. The highest BCUT2D eigenvalue weighted by Gasteiger charge is 2.50. The third-order valence-electron chi connectivity index (χ3n) is 4.77. The fourth-order valence-corrected chi connectivity index (χ4v) is 4.95. The second kappa shape index (κ2) is 7.11. The van der Waals surface area contributed by atoms with Gasteiger partial charge in [-0.2, -0.15) is 0 Å². The molecular weight excluding hydrogens is 366 g/mol. The summed E-state index contributed by atoms with van der Waals surface area (Å²) in [6.07, 6.45) is 1.68. The maximum Gasteiger partial charge on any atom is 0.260 e. The maximum absolute atomic E-state index is 13.1. The van der Waals surface area contributed by atoms with E-state index in [1.54, 1.807) is 28.9 Å². The van der Waals surface area contributed by atoms with E-state index in [1.165, 1.54) is 14.2 Å². The van der Waals surface area contributed by atoms with Gasteiger partial charge < -0.3 is 19.7 Å². The molecule has 3 heterocycles. The lowest BCUT2D eigenvalue weighted by atomic mass is 10.1. The van der Waals surface area contributed by atoms with Gasteiger partial charge in [0, 0.05) is 17.5 Å². The molecule has 2 aliphatic heterocycles. The second-order valence-corrected chi connectivity index (χ2v) is 7.33. The number of thioether (sulfide) groups is 1. The normalized spacial score (nSPS) is 20.2. The number of hydrogen-bond acceptors (Lipinski definition) is 6. The zero-order chi connectivity index (χ0) is 19.0. The minimum atomic E-state index is -0.528. The summed E-state index contributed by atoms with van der Waals surface area (Å²) in [6, 6.07) is 8.69. The van der Waals surface area contributed by atoms with E-state index in [2.05, 4.69) is 10.3 Å². The molecule has 2 amide bonds. The van der Waals surface area contributed by atoms with Gasteiger partial charge in [-0.1, -0.05) is 12.1 Å². The van der Waals surface area contributed by atoms with Crippen LogP contribution >= 0.6 is 11.8 Å². The van der Waals surface area contributed by atoms with Gasteiger partial charge in [0.15, 0.2) is 11.5 Å². The van der Waals surface area contributed by atoms with Crippen molar-refractivity contribution < 1.29 is 19.1 Å².